The fourth-order valence-corrected chi connectivity index (χ4v) is 1.83. The topological polar surface area (TPSA) is 50.4 Å². The van der Waals surface area contributed by atoms with Gasteiger partial charge in [-0.15, -0.1) is 0 Å². The van der Waals surface area contributed by atoms with Crippen LogP contribution in [0.5, 0.6) is 0 Å². The van der Waals surface area contributed by atoms with Gasteiger partial charge in [0.25, 0.3) is 6.47 Å². The number of benzene rings is 1. The molecule has 4 heteroatoms. The first kappa shape index (κ1) is 21.6. The standard InChI is InChI=1S/C7H16N2.C7H8.C5H10O2/c1-6(2)7-5-8-3-4-9-7;1-7-5-3-2-4-6-7;1-5(2,3)7-4-6/h6-9H,3-5H2,1-2H3;2-6H,1H3;4H,1-3H3. The van der Waals surface area contributed by atoms with Gasteiger partial charge in [0.2, 0.25) is 0 Å². The molecule has 0 spiro atoms. The van der Waals surface area contributed by atoms with Crippen LogP contribution in [0.1, 0.15) is 40.2 Å². The van der Waals surface area contributed by atoms with Crippen molar-refractivity contribution in [3.63, 3.8) is 0 Å². The van der Waals surface area contributed by atoms with E-state index in [4.69, 9.17) is 0 Å². The third-order valence-electron chi connectivity index (χ3n) is 3.22. The van der Waals surface area contributed by atoms with Crippen LogP contribution >= 0.6 is 0 Å². The average molecular weight is 322 g/mol. The monoisotopic (exact) mass is 322 g/mol. The van der Waals surface area contributed by atoms with Crippen molar-refractivity contribution in [1.82, 2.24) is 10.6 Å². The zero-order valence-corrected chi connectivity index (χ0v) is 15.6. The fourth-order valence-electron chi connectivity index (χ4n) is 1.83. The predicted molar refractivity (Wildman–Crippen MR) is 97.6 cm³/mol. The largest absolute Gasteiger partial charge is 0.462 e. The molecule has 1 aliphatic heterocycles. The Morgan fingerprint density at radius 2 is 1.78 bits per heavy atom. The highest BCUT2D eigenvalue weighted by Gasteiger charge is 2.14. The maximum absolute atomic E-state index is 9.60. The summed E-state index contributed by atoms with van der Waals surface area (Å²) in [5, 5.41) is 6.81. The smallest absolute Gasteiger partial charge is 0.293 e. The summed E-state index contributed by atoms with van der Waals surface area (Å²) in [4.78, 5) is 9.60. The molecule has 1 aliphatic rings. The summed E-state index contributed by atoms with van der Waals surface area (Å²) >= 11 is 0. The second-order valence-electron chi connectivity index (χ2n) is 6.99. The molecule has 1 unspecified atom stereocenters. The lowest BCUT2D eigenvalue weighted by Crippen LogP contribution is -2.50. The molecule has 1 fully saturated rings. The lowest BCUT2D eigenvalue weighted by atomic mass is 10.0. The molecule has 23 heavy (non-hydrogen) atoms. The van der Waals surface area contributed by atoms with Gasteiger partial charge in [-0.3, -0.25) is 4.79 Å². The lowest BCUT2D eigenvalue weighted by molar-refractivity contribution is -0.138. The van der Waals surface area contributed by atoms with Gasteiger partial charge in [0.15, 0.2) is 0 Å². The van der Waals surface area contributed by atoms with Crippen molar-refractivity contribution in [1.29, 1.82) is 0 Å². The van der Waals surface area contributed by atoms with Gasteiger partial charge in [-0.25, -0.2) is 0 Å². The quantitative estimate of drug-likeness (QED) is 0.821. The minimum absolute atomic E-state index is 0.318. The van der Waals surface area contributed by atoms with E-state index in [2.05, 4.69) is 48.3 Å². The summed E-state index contributed by atoms with van der Waals surface area (Å²) in [5.74, 6) is 0.762. The molecule has 132 valence electrons. The summed E-state index contributed by atoms with van der Waals surface area (Å²) in [6.07, 6.45) is 0. The fraction of sp³-hybridized carbons (Fsp3) is 0.632. The molecule has 4 nitrogen and oxygen atoms in total. The van der Waals surface area contributed by atoms with E-state index in [9.17, 15) is 4.79 Å². The van der Waals surface area contributed by atoms with Gasteiger partial charge in [-0.2, -0.15) is 0 Å². The lowest BCUT2D eigenvalue weighted by Gasteiger charge is -2.27. The van der Waals surface area contributed by atoms with Crippen LogP contribution in [-0.4, -0.2) is 37.7 Å². The average Bonchev–Trinajstić information content (AvgIpc) is 2.49. The molecule has 0 amide bonds. The van der Waals surface area contributed by atoms with E-state index in [1.54, 1.807) is 0 Å². The van der Waals surface area contributed by atoms with Crippen molar-refractivity contribution in [2.24, 2.45) is 5.92 Å². The first-order valence-electron chi connectivity index (χ1n) is 8.33. The first-order valence-corrected chi connectivity index (χ1v) is 8.33. The van der Waals surface area contributed by atoms with Crippen LogP contribution in [0.15, 0.2) is 30.3 Å². The van der Waals surface area contributed by atoms with Gasteiger partial charge in [-0.1, -0.05) is 49.7 Å². The van der Waals surface area contributed by atoms with Gasteiger partial charge in [-0.05, 0) is 33.6 Å². The second-order valence-corrected chi connectivity index (χ2v) is 6.99. The van der Waals surface area contributed by atoms with Crippen LogP contribution in [0, 0.1) is 12.8 Å². The van der Waals surface area contributed by atoms with E-state index in [0.717, 1.165) is 25.6 Å². The van der Waals surface area contributed by atoms with E-state index in [0.29, 0.717) is 12.5 Å². The van der Waals surface area contributed by atoms with Gasteiger partial charge in [0.1, 0.15) is 5.60 Å². The predicted octanol–water partition coefficient (Wildman–Crippen LogP) is 3.16. The molecule has 0 aromatic heterocycles. The van der Waals surface area contributed by atoms with Gasteiger partial charge in [0, 0.05) is 25.7 Å². The summed E-state index contributed by atoms with van der Waals surface area (Å²) in [5.41, 5.74) is 1.00. The van der Waals surface area contributed by atoms with E-state index in [1.807, 2.05) is 39.0 Å². The van der Waals surface area contributed by atoms with Gasteiger partial charge in [0.05, 0.1) is 0 Å². The zero-order valence-electron chi connectivity index (χ0n) is 15.6. The number of rotatable bonds is 2. The molecule has 1 aromatic rings. The molecule has 1 aromatic carbocycles. The molecular weight excluding hydrogens is 288 g/mol. The summed E-state index contributed by atoms with van der Waals surface area (Å²) in [6.45, 7) is 15.9. The van der Waals surface area contributed by atoms with Crippen molar-refractivity contribution in [3.8, 4) is 0 Å². The van der Waals surface area contributed by atoms with Crippen molar-refractivity contribution in [2.45, 2.75) is 53.2 Å². The first-order chi connectivity index (χ1) is 10.8. The van der Waals surface area contributed by atoms with Gasteiger partial charge < -0.3 is 15.4 Å². The minimum Gasteiger partial charge on any atom is -0.462 e. The molecule has 2 N–H and O–H groups in total. The molecule has 0 aliphatic carbocycles. The van der Waals surface area contributed by atoms with Crippen LogP contribution in [0.4, 0.5) is 0 Å². The van der Waals surface area contributed by atoms with Crippen molar-refractivity contribution in [3.05, 3.63) is 35.9 Å². The third kappa shape index (κ3) is 14.0. The number of hydrogen-bond acceptors (Lipinski definition) is 4. The zero-order chi connectivity index (χ0) is 17.7. The maximum atomic E-state index is 9.60. The third-order valence-corrected chi connectivity index (χ3v) is 3.22. The van der Waals surface area contributed by atoms with Crippen LogP contribution < -0.4 is 10.6 Å². The SMILES string of the molecule is CC(C)(C)OC=O.CC(C)C1CNCCN1.Cc1ccccc1. The Morgan fingerprint density at radius 3 is 2.00 bits per heavy atom. The number of piperazine rings is 1. The number of carbonyl (C=O) groups excluding carboxylic acids is 1. The number of hydrogen-bond donors (Lipinski definition) is 2. The van der Waals surface area contributed by atoms with E-state index in [-0.39, 0.29) is 5.60 Å². The van der Waals surface area contributed by atoms with E-state index in [1.165, 1.54) is 5.56 Å². The van der Waals surface area contributed by atoms with E-state index < -0.39 is 0 Å². The number of ether oxygens (including phenoxy) is 1. The molecule has 1 saturated heterocycles. The summed E-state index contributed by atoms with van der Waals surface area (Å²) < 4.78 is 4.55. The summed E-state index contributed by atoms with van der Waals surface area (Å²) in [6, 6.07) is 11.0. The maximum Gasteiger partial charge on any atom is 0.293 e. The molecule has 0 bridgehead atoms. The van der Waals surface area contributed by atoms with Crippen LogP contribution in [-0.2, 0) is 9.53 Å². The Bertz CT molecular complexity index is 394. The van der Waals surface area contributed by atoms with Crippen molar-refractivity contribution >= 4 is 6.47 Å². The number of aryl methyl sites for hydroxylation is 1. The van der Waals surface area contributed by atoms with Crippen molar-refractivity contribution < 1.29 is 9.53 Å². The molecule has 0 radical (unpaired) electrons. The van der Waals surface area contributed by atoms with Crippen LogP contribution in [0.3, 0.4) is 0 Å². The van der Waals surface area contributed by atoms with E-state index >= 15 is 0 Å². The highest BCUT2D eigenvalue weighted by Crippen LogP contribution is 2.02. The summed E-state index contributed by atoms with van der Waals surface area (Å²) in [7, 11) is 0. The van der Waals surface area contributed by atoms with Crippen LogP contribution in [0.25, 0.3) is 0 Å². The molecule has 2 rings (SSSR count). The Hall–Kier alpha value is -1.39. The Balaban J connectivity index is 0.000000320. The second kappa shape index (κ2) is 12.1. The van der Waals surface area contributed by atoms with Crippen molar-refractivity contribution in [2.75, 3.05) is 19.6 Å². The Morgan fingerprint density at radius 1 is 1.17 bits per heavy atom. The van der Waals surface area contributed by atoms with Crippen LogP contribution in [0.2, 0.25) is 0 Å². The highest BCUT2D eigenvalue weighted by molar-refractivity contribution is 5.37. The molecule has 1 heterocycles. The Kier molecular flexibility index (Phi) is 11.4. The Labute approximate surface area is 142 Å². The number of nitrogens with one attached hydrogen (secondary N) is 2. The molecule has 0 saturated carbocycles. The molecule has 1 atom stereocenters. The van der Waals surface area contributed by atoms with Gasteiger partial charge >= 0.3 is 0 Å². The highest BCUT2D eigenvalue weighted by atomic mass is 16.5. The molecular formula is C19H34N2O2. The minimum atomic E-state index is -0.318. The normalized spacial score (nSPS) is 17.3. The number of carbonyl (C=O) groups is 1.